The molecule has 17 heavy (non-hydrogen) atoms. The monoisotopic (exact) mass is 248 g/mol. The second-order valence-electron chi connectivity index (χ2n) is 5.06. The summed E-state index contributed by atoms with van der Waals surface area (Å²) in [6, 6.07) is 8.18. The molecule has 3 rings (SSSR count). The van der Waals surface area contributed by atoms with Crippen LogP contribution in [0, 0.1) is 0 Å². The van der Waals surface area contributed by atoms with Gasteiger partial charge in [-0.1, -0.05) is 30.7 Å². The summed E-state index contributed by atoms with van der Waals surface area (Å²) in [7, 11) is 0. The number of thioether (sulfide) groups is 1. The van der Waals surface area contributed by atoms with Crippen molar-refractivity contribution in [3.05, 3.63) is 35.4 Å². The van der Waals surface area contributed by atoms with Gasteiger partial charge in [-0.15, -0.1) is 0 Å². The Morgan fingerprint density at radius 2 is 2.00 bits per heavy atom. The summed E-state index contributed by atoms with van der Waals surface area (Å²) in [5.41, 5.74) is 1.80. The fourth-order valence-corrected chi connectivity index (χ4v) is 3.66. The van der Waals surface area contributed by atoms with Crippen molar-refractivity contribution in [2.24, 2.45) is 0 Å². The maximum absolute atomic E-state index is 11.6. The summed E-state index contributed by atoms with van der Waals surface area (Å²) >= 11 is 1.95. The summed E-state index contributed by atoms with van der Waals surface area (Å²) in [5.74, 6) is 2.23. The number of aliphatic carboxylic acids is 1. The van der Waals surface area contributed by atoms with E-state index in [1.54, 1.807) is 0 Å². The van der Waals surface area contributed by atoms with E-state index < -0.39 is 11.4 Å². The Kier molecular flexibility index (Phi) is 2.66. The lowest BCUT2D eigenvalue weighted by atomic mass is 9.62. The second-order valence-corrected chi connectivity index (χ2v) is 6.14. The molecule has 1 heterocycles. The van der Waals surface area contributed by atoms with E-state index in [1.807, 2.05) is 30.0 Å². The first-order valence-corrected chi connectivity index (χ1v) is 7.30. The fourth-order valence-electron chi connectivity index (χ4n) is 2.83. The number of carboxylic acid groups (broad SMARTS) is 1. The van der Waals surface area contributed by atoms with Crippen LogP contribution in [0.2, 0.25) is 0 Å². The van der Waals surface area contributed by atoms with Crippen LogP contribution < -0.4 is 0 Å². The number of rotatable bonds is 3. The van der Waals surface area contributed by atoms with Gasteiger partial charge >= 0.3 is 5.97 Å². The Morgan fingerprint density at radius 1 is 1.29 bits per heavy atom. The van der Waals surface area contributed by atoms with E-state index in [2.05, 4.69) is 6.07 Å². The Labute approximate surface area is 105 Å². The molecular formula is C14H16O2S. The minimum atomic E-state index is -0.636. The van der Waals surface area contributed by atoms with Crippen molar-refractivity contribution in [3.63, 3.8) is 0 Å². The summed E-state index contributed by atoms with van der Waals surface area (Å²) in [5, 5.41) is 9.53. The van der Waals surface area contributed by atoms with Crippen molar-refractivity contribution in [2.45, 2.75) is 30.6 Å². The lowest BCUT2D eigenvalue weighted by Crippen LogP contribution is -2.43. The lowest BCUT2D eigenvalue weighted by Gasteiger charge is -2.41. The minimum absolute atomic E-state index is 0.573. The molecule has 0 atom stereocenters. The van der Waals surface area contributed by atoms with E-state index in [-0.39, 0.29) is 0 Å². The first-order valence-electron chi connectivity index (χ1n) is 6.14. The van der Waals surface area contributed by atoms with E-state index in [0.717, 1.165) is 36.3 Å². The molecule has 1 saturated carbocycles. The molecule has 0 amide bonds. The van der Waals surface area contributed by atoms with Crippen LogP contribution in [0.4, 0.5) is 0 Å². The van der Waals surface area contributed by atoms with Crippen molar-refractivity contribution in [3.8, 4) is 0 Å². The third-order valence-corrected chi connectivity index (χ3v) is 5.45. The van der Waals surface area contributed by atoms with E-state index in [1.165, 1.54) is 5.56 Å². The average Bonchev–Trinajstić information content (AvgIpc) is 2.15. The summed E-state index contributed by atoms with van der Waals surface area (Å²) in [4.78, 5) is 11.6. The van der Waals surface area contributed by atoms with Crippen LogP contribution in [0.3, 0.4) is 0 Å². The van der Waals surface area contributed by atoms with Gasteiger partial charge in [-0.3, -0.25) is 4.79 Å². The maximum Gasteiger partial charge on any atom is 0.314 e. The largest absolute Gasteiger partial charge is 0.481 e. The molecule has 90 valence electrons. The molecule has 0 unspecified atom stereocenters. The van der Waals surface area contributed by atoms with Crippen LogP contribution in [0.5, 0.6) is 0 Å². The van der Waals surface area contributed by atoms with Gasteiger partial charge in [0.1, 0.15) is 0 Å². The predicted octanol–water partition coefficient (Wildman–Crippen LogP) is 3.02. The van der Waals surface area contributed by atoms with Gasteiger partial charge in [0, 0.05) is 17.4 Å². The molecule has 2 nitrogen and oxygen atoms in total. The van der Waals surface area contributed by atoms with Crippen molar-refractivity contribution in [1.82, 2.24) is 0 Å². The highest BCUT2D eigenvalue weighted by Gasteiger charge is 2.47. The molecule has 2 fully saturated rings. The zero-order valence-electron chi connectivity index (χ0n) is 9.69. The molecule has 3 heteroatoms. The first kappa shape index (κ1) is 11.1. The van der Waals surface area contributed by atoms with E-state index in [9.17, 15) is 9.90 Å². The van der Waals surface area contributed by atoms with E-state index >= 15 is 0 Å². The van der Waals surface area contributed by atoms with Crippen LogP contribution in [-0.4, -0.2) is 22.6 Å². The molecule has 1 saturated heterocycles. The fraction of sp³-hybridized carbons (Fsp3) is 0.500. The summed E-state index contributed by atoms with van der Waals surface area (Å²) in [6.07, 6.45) is 2.65. The molecular weight excluding hydrogens is 232 g/mol. The van der Waals surface area contributed by atoms with Gasteiger partial charge in [0.15, 0.2) is 0 Å². The zero-order valence-corrected chi connectivity index (χ0v) is 10.5. The van der Waals surface area contributed by atoms with Gasteiger partial charge in [-0.2, -0.15) is 11.8 Å². The van der Waals surface area contributed by atoms with Crippen LogP contribution >= 0.6 is 11.8 Å². The highest BCUT2D eigenvalue weighted by molar-refractivity contribution is 8.00. The van der Waals surface area contributed by atoms with Gasteiger partial charge in [0.25, 0.3) is 0 Å². The average molecular weight is 248 g/mol. The quantitative estimate of drug-likeness (QED) is 0.893. The van der Waals surface area contributed by atoms with Crippen LogP contribution in [-0.2, 0) is 10.2 Å². The number of hydrogen-bond acceptors (Lipinski definition) is 2. The molecule has 0 spiro atoms. The van der Waals surface area contributed by atoms with Gasteiger partial charge in [0.05, 0.1) is 5.41 Å². The third kappa shape index (κ3) is 1.60. The Hall–Kier alpha value is -0.960. The standard InChI is InChI=1S/C14H16O2S/c15-13(16)14(6-3-7-14)12-5-2-1-4-11(12)10-8-17-9-10/h1-2,4-5,10H,3,6-9H2,(H,15,16). The third-order valence-electron chi connectivity index (χ3n) is 4.17. The molecule has 1 aliphatic heterocycles. The smallest absolute Gasteiger partial charge is 0.314 e. The molecule has 0 radical (unpaired) electrons. The molecule has 2 aliphatic rings. The molecule has 1 aromatic rings. The highest BCUT2D eigenvalue weighted by atomic mass is 32.2. The van der Waals surface area contributed by atoms with Crippen LogP contribution in [0.25, 0.3) is 0 Å². The van der Waals surface area contributed by atoms with Crippen molar-refractivity contribution >= 4 is 17.7 Å². The van der Waals surface area contributed by atoms with Gasteiger partial charge in [-0.05, 0) is 24.0 Å². The van der Waals surface area contributed by atoms with Gasteiger partial charge in [-0.25, -0.2) is 0 Å². The normalized spacial score (nSPS) is 22.6. The number of benzene rings is 1. The summed E-state index contributed by atoms with van der Waals surface area (Å²) < 4.78 is 0. The van der Waals surface area contributed by atoms with Crippen LogP contribution in [0.1, 0.15) is 36.3 Å². The zero-order chi connectivity index (χ0) is 11.9. The molecule has 1 N–H and O–H groups in total. The van der Waals surface area contributed by atoms with Crippen molar-refractivity contribution in [1.29, 1.82) is 0 Å². The maximum atomic E-state index is 11.6. The molecule has 1 aromatic carbocycles. The number of hydrogen-bond donors (Lipinski definition) is 1. The predicted molar refractivity (Wildman–Crippen MR) is 69.7 cm³/mol. The molecule has 0 bridgehead atoms. The first-order chi connectivity index (χ1) is 8.24. The van der Waals surface area contributed by atoms with Crippen molar-refractivity contribution < 1.29 is 9.90 Å². The Morgan fingerprint density at radius 3 is 2.47 bits per heavy atom. The van der Waals surface area contributed by atoms with Gasteiger partial charge in [0.2, 0.25) is 0 Å². The van der Waals surface area contributed by atoms with E-state index in [4.69, 9.17) is 0 Å². The summed E-state index contributed by atoms with van der Waals surface area (Å²) in [6.45, 7) is 0. The Bertz CT molecular complexity index is 447. The molecule has 1 aliphatic carbocycles. The molecule has 0 aromatic heterocycles. The van der Waals surface area contributed by atoms with E-state index in [0.29, 0.717) is 5.92 Å². The lowest BCUT2D eigenvalue weighted by molar-refractivity contribution is -0.147. The van der Waals surface area contributed by atoms with Crippen molar-refractivity contribution in [2.75, 3.05) is 11.5 Å². The Balaban J connectivity index is 2.04. The highest BCUT2D eigenvalue weighted by Crippen LogP contribution is 2.48. The number of carboxylic acids is 1. The number of carbonyl (C=O) groups is 1. The van der Waals surface area contributed by atoms with Gasteiger partial charge < -0.3 is 5.11 Å². The second kappa shape index (κ2) is 4.05. The van der Waals surface area contributed by atoms with Crippen LogP contribution in [0.15, 0.2) is 24.3 Å². The topological polar surface area (TPSA) is 37.3 Å². The SMILES string of the molecule is O=C(O)C1(c2ccccc2C2CSC2)CCC1. The minimum Gasteiger partial charge on any atom is -0.481 e.